The lowest BCUT2D eigenvalue weighted by molar-refractivity contribution is 0.0729. The molecule has 0 spiro atoms. The number of rotatable bonds is 5. The van der Waals surface area contributed by atoms with E-state index in [1.807, 2.05) is 25.1 Å². The maximum Gasteiger partial charge on any atom is 0.347 e. The summed E-state index contributed by atoms with van der Waals surface area (Å²) in [5.41, 5.74) is 0.387. The van der Waals surface area contributed by atoms with E-state index in [-0.39, 0.29) is 0 Å². The van der Waals surface area contributed by atoms with Crippen LogP contribution in [0.25, 0.3) is 0 Å². The molecule has 0 fully saturated rings. The van der Waals surface area contributed by atoms with E-state index in [2.05, 4.69) is 47.8 Å². The summed E-state index contributed by atoms with van der Waals surface area (Å²) in [4.78, 5) is 12.4. The SMILES string of the molecule is CCCOc1ccc(Br)cc1C(=O)Oc1ccc(Br)cc1Br. The first-order valence-corrected chi connectivity index (χ1v) is 8.98. The van der Waals surface area contributed by atoms with Crippen molar-refractivity contribution >= 4 is 53.8 Å². The molecule has 0 saturated carbocycles. The van der Waals surface area contributed by atoms with Gasteiger partial charge >= 0.3 is 5.97 Å². The lowest BCUT2D eigenvalue weighted by Gasteiger charge is -2.12. The Bertz CT molecular complexity index is 686. The molecule has 0 N–H and O–H groups in total. The largest absolute Gasteiger partial charge is 0.493 e. The molecule has 22 heavy (non-hydrogen) atoms. The lowest BCUT2D eigenvalue weighted by atomic mass is 10.2. The van der Waals surface area contributed by atoms with Gasteiger partial charge in [-0.15, -0.1) is 0 Å². The van der Waals surface area contributed by atoms with Gasteiger partial charge in [-0.05, 0) is 58.7 Å². The van der Waals surface area contributed by atoms with Crippen LogP contribution in [0.5, 0.6) is 11.5 Å². The highest BCUT2D eigenvalue weighted by atomic mass is 79.9. The van der Waals surface area contributed by atoms with Crippen LogP contribution in [-0.4, -0.2) is 12.6 Å². The molecule has 0 aromatic heterocycles. The monoisotopic (exact) mass is 490 g/mol. The highest BCUT2D eigenvalue weighted by Crippen LogP contribution is 2.30. The number of hydrogen-bond donors (Lipinski definition) is 0. The Kier molecular flexibility index (Phi) is 6.47. The molecule has 3 nitrogen and oxygen atoms in total. The molecule has 0 amide bonds. The Morgan fingerprint density at radius 2 is 1.64 bits per heavy atom. The van der Waals surface area contributed by atoms with Gasteiger partial charge in [0.05, 0.1) is 11.1 Å². The minimum Gasteiger partial charge on any atom is -0.493 e. The van der Waals surface area contributed by atoms with Gasteiger partial charge in [-0.3, -0.25) is 0 Å². The van der Waals surface area contributed by atoms with Gasteiger partial charge in [0.15, 0.2) is 0 Å². The van der Waals surface area contributed by atoms with Gasteiger partial charge in [-0.2, -0.15) is 0 Å². The number of hydrogen-bond acceptors (Lipinski definition) is 3. The number of benzene rings is 2. The Balaban J connectivity index is 2.26. The fraction of sp³-hybridized carbons (Fsp3) is 0.188. The summed E-state index contributed by atoms with van der Waals surface area (Å²) >= 11 is 10.1. The molecule has 0 heterocycles. The second-order valence-corrected chi connectivity index (χ2v) is 7.14. The van der Waals surface area contributed by atoms with Crippen LogP contribution in [0.1, 0.15) is 23.7 Å². The molecular formula is C16H13Br3O3. The molecule has 0 saturated heterocycles. The Morgan fingerprint density at radius 3 is 2.27 bits per heavy atom. The Hall–Kier alpha value is -0.850. The first-order chi connectivity index (χ1) is 10.5. The summed E-state index contributed by atoms with van der Waals surface area (Å²) in [6.07, 6.45) is 0.864. The highest BCUT2D eigenvalue weighted by Gasteiger charge is 2.17. The van der Waals surface area contributed by atoms with E-state index >= 15 is 0 Å². The quantitative estimate of drug-likeness (QED) is 0.380. The number of ether oxygens (including phenoxy) is 2. The highest BCUT2D eigenvalue weighted by molar-refractivity contribution is 9.11. The molecule has 0 bridgehead atoms. The number of carbonyl (C=O) groups excluding carboxylic acids is 1. The average Bonchev–Trinajstić information content (AvgIpc) is 2.48. The van der Waals surface area contributed by atoms with Crippen LogP contribution in [-0.2, 0) is 0 Å². The second-order valence-electron chi connectivity index (χ2n) is 4.45. The van der Waals surface area contributed by atoms with Gasteiger partial charge in [0, 0.05) is 8.95 Å². The third-order valence-electron chi connectivity index (χ3n) is 2.72. The van der Waals surface area contributed by atoms with E-state index in [1.165, 1.54) is 0 Å². The third-order valence-corrected chi connectivity index (χ3v) is 4.33. The van der Waals surface area contributed by atoms with Crippen molar-refractivity contribution in [2.75, 3.05) is 6.61 Å². The van der Waals surface area contributed by atoms with Crippen LogP contribution in [0, 0.1) is 0 Å². The van der Waals surface area contributed by atoms with Crippen molar-refractivity contribution < 1.29 is 14.3 Å². The van der Waals surface area contributed by atoms with E-state index in [4.69, 9.17) is 9.47 Å². The minimum absolute atomic E-state index is 0.387. The van der Waals surface area contributed by atoms with Gasteiger partial charge in [0.1, 0.15) is 17.1 Å². The van der Waals surface area contributed by atoms with Crippen molar-refractivity contribution in [2.24, 2.45) is 0 Å². The molecular weight excluding hydrogens is 480 g/mol. The van der Waals surface area contributed by atoms with E-state index < -0.39 is 5.97 Å². The molecule has 0 aliphatic carbocycles. The molecule has 2 rings (SSSR count). The molecule has 0 aliphatic heterocycles. The molecule has 0 aliphatic rings. The summed E-state index contributed by atoms with van der Waals surface area (Å²) in [5, 5.41) is 0. The molecule has 0 unspecified atom stereocenters. The van der Waals surface area contributed by atoms with Crippen molar-refractivity contribution in [2.45, 2.75) is 13.3 Å². The van der Waals surface area contributed by atoms with Gasteiger partial charge in [-0.25, -0.2) is 4.79 Å². The van der Waals surface area contributed by atoms with Crippen LogP contribution in [0.2, 0.25) is 0 Å². The maximum absolute atomic E-state index is 12.4. The van der Waals surface area contributed by atoms with Gasteiger partial charge < -0.3 is 9.47 Å². The summed E-state index contributed by atoms with van der Waals surface area (Å²) in [5.74, 6) is 0.508. The van der Waals surface area contributed by atoms with E-state index in [0.29, 0.717) is 28.1 Å². The van der Waals surface area contributed by atoms with Gasteiger partial charge in [0.25, 0.3) is 0 Å². The van der Waals surface area contributed by atoms with Crippen LogP contribution >= 0.6 is 47.8 Å². The second kappa shape index (κ2) is 8.13. The zero-order valence-corrected chi connectivity index (χ0v) is 16.5. The molecule has 2 aromatic rings. The summed E-state index contributed by atoms with van der Waals surface area (Å²) < 4.78 is 13.4. The fourth-order valence-electron chi connectivity index (χ4n) is 1.71. The normalized spacial score (nSPS) is 10.4. The summed E-state index contributed by atoms with van der Waals surface area (Å²) in [7, 11) is 0. The molecule has 0 radical (unpaired) electrons. The first-order valence-electron chi connectivity index (χ1n) is 6.61. The first kappa shape index (κ1) is 17.5. The molecule has 116 valence electrons. The van der Waals surface area contributed by atoms with Crippen LogP contribution in [0.3, 0.4) is 0 Å². The van der Waals surface area contributed by atoms with E-state index in [0.717, 1.165) is 15.4 Å². The number of halogens is 3. The van der Waals surface area contributed by atoms with Crippen LogP contribution in [0.4, 0.5) is 0 Å². The fourth-order valence-corrected chi connectivity index (χ4v) is 3.20. The van der Waals surface area contributed by atoms with Crippen molar-refractivity contribution in [3.8, 4) is 11.5 Å². The van der Waals surface area contributed by atoms with E-state index in [9.17, 15) is 4.79 Å². The third kappa shape index (κ3) is 4.57. The minimum atomic E-state index is -0.463. The predicted molar refractivity (Wildman–Crippen MR) is 96.7 cm³/mol. The predicted octanol–water partition coefficient (Wildman–Crippen LogP) is 5.98. The van der Waals surface area contributed by atoms with Crippen molar-refractivity contribution in [1.82, 2.24) is 0 Å². The topological polar surface area (TPSA) is 35.5 Å². The lowest BCUT2D eigenvalue weighted by Crippen LogP contribution is -2.11. The summed E-state index contributed by atoms with van der Waals surface area (Å²) in [6, 6.07) is 10.6. The zero-order valence-electron chi connectivity index (χ0n) is 11.7. The molecule has 2 aromatic carbocycles. The van der Waals surface area contributed by atoms with Gasteiger partial charge in [0.2, 0.25) is 0 Å². The smallest absolute Gasteiger partial charge is 0.347 e. The Labute approximate surface area is 154 Å². The maximum atomic E-state index is 12.4. The molecule has 6 heteroatoms. The zero-order chi connectivity index (χ0) is 16.1. The van der Waals surface area contributed by atoms with E-state index in [1.54, 1.807) is 18.2 Å². The van der Waals surface area contributed by atoms with Crippen molar-refractivity contribution in [1.29, 1.82) is 0 Å². The van der Waals surface area contributed by atoms with Crippen LogP contribution < -0.4 is 9.47 Å². The molecule has 0 atom stereocenters. The van der Waals surface area contributed by atoms with Crippen molar-refractivity contribution in [3.05, 3.63) is 55.4 Å². The standard InChI is InChI=1S/C16H13Br3O3/c1-2-7-21-14-5-3-10(17)8-12(14)16(20)22-15-6-4-11(18)9-13(15)19/h3-6,8-9H,2,7H2,1H3. The number of carbonyl (C=O) groups is 1. The Morgan fingerprint density at radius 1 is 1.00 bits per heavy atom. The average molecular weight is 493 g/mol. The van der Waals surface area contributed by atoms with Crippen molar-refractivity contribution in [3.63, 3.8) is 0 Å². The summed E-state index contributed by atoms with van der Waals surface area (Å²) in [6.45, 7) is 2.56. The van der Waals surface area contributed by atoms with Gasteiger partial charge in [-0.1, -0.05) is 38.8 Å². The van der Waals surface area contributed by atoms with Crippen LogP contribution in [0.15, 0.2) is 49.8 Å². The number of esters is 1.